The first-order valence-corrected chi connectivity index (χ1v) is 13.6. The molecule has 0 unspecified atom stereocenters. The summed E-state index contributed by atoms with van der Waals surface area (Å²) in [4.78, 5) is 37.8. The number of hydrogen-bond acceptors (Lipinski definition) is 4. The first-order chi connectivity index (χ1) is 20.0. The highest BCUT2D eigenvalue weighted by Crippen LogP contribution is 2.65. The van der Waals surface area contributed by atoms with Gasteiger partial charge in [-0.1, -0.05) is 35.3 Å². The van der Waals surface area contributed by atoms with Gasteiger partial charge in [0.2, 0.25) is 5.91 Å². The van der Waals surface area contributed by atoms with Crippen molar-refractivity contribution in [3.63, 3.8) is 0 Å². The molecule has 1 aliphatic carbocycles. The first-order valence-electron chi connectivity index (χ1n) is 12.1. The Labute approximate surface area is 260 Å². The molecule has 4 rings (SSSR count). The maximum absolute atomic E-state index is 15.0. The minimum atomic E-state index is -5.11. The van der Waals surface area contributed by atoms with Gasteiger partial charge in [-0.2, -0.15) is 0 Å². The van der Waals surface area contributed by atoms with Crippen LogP contribution in [0.15, 0.2) is 48.5 Å². The number of nitrogens with one attached hydrogen (secondary N) is 1. The number of ether oxygens (including phenoxy) is 1. The monoisotopic (exact) mass is 685 g/mol. The Hall–Kier alpha value is -2.83. The summed E-state index contributed by atoms with van der Waals surface area (Å²) in [6, 6.07) is 9.38. The van der Waals surface area contributed by atoms with E-state index >= 15 is 4.39 Å². The number of ketones is 2. The van der Waals surface area contributed by atoms with Crippen LogP contribution >= 0.6 is 46.4 Å². The van der Waals surface area contributed by atoms with Crippen LogP contribution in [0.5, 0.6) is 0 Å². The quantitative estimate of drug-likeness (QED) is 0.133. The molecule has 0 aliphatic heterocycles. The Morgan fingerprint density at radius 1 is 0.884 bits per heavy atom. The van der Waals surface area contributed by atoms with Gasteiger partial charge in [0, 0.05) is 35.6 Å². The van der Waals surface area contributed by atoms with Crippen molar-refractivity contribution in [1.82, 2.24) is 0 Å². The number of rotatable bonds is 10. The lowest BCUT2D eigenvalue weighted by molar-refractivity contribution is -0.320. The van der Waals surface area contributed by atoms with E-state index in [1.807, 2.05) is 0 Å². The second-order valence-electron chi connectivity index (χ2n) is 9.54. The number of alkyl halides is 5. The van der Waals surface area contributed by atoms with Crippen LogP contribution in [0.4, 0.5) is 32.0 Å². The van der Waals surface area contributed by atoms with Crippen molar-refractivity contribution in [2.75, 3.05) is 11.9 Å². The summed E-state index contributed by atoms with van der Waals surface area (Å²) in [5, 5.41) is 2.31. The van der Waals surface area contributed by atoms with E-state index in [9.17, 15) is 36.3 Å². The molecule has 0 spiro atoms. The van der Waals surface area contributed by atoms with Gasteiger partial charge in [-0.25, -0.2) is 13.2 Å². The van der Waals surface area contributed by atoms with Gasteiger partial charge in [-0.3, -0.25) is 19.1 Å². The fraction of sp³-hybridized carbons (Fsp3) is 0.250. The molecule has 43 heavy (non-hydrogen) atoms. The third-order valence-corrected chi connectivity index (χ3v) is 8.12. The van der Waals surface area contributed by atoms with Crippen molar-refractivity contribution in [3.05, 3.63) is 98.3 Å². The van der Waals surface area contributed by atoms with Gasteiger partial charge >= 0.3 is 6.36 Å². The van der Waals surface area contributed by atoms with E-state index in [0.717, 1.165) is 18.2 Å². The molecule has 1 saturated carbocycles. The first kappa shape index (κ1) is 33.1. The van der Waals surface area contributed by atoms with Crippen LogP contribution in [-0.4, -0.2) is 34.8 Å². The van der Waals surface area contributed by atoms with Gasteiger partial charge in [0.05, 0.1) is 16.0 Å². The molecule has 15 heteroatoms. The summed E-state index contributed by atoms with van der Waals surface area (Å²) in [7, 11) is 0. The number of Topliss-reactive ketones (excluding diaryl/α,β-unsaturated/α-hetero) is 2. The summed E-state index contributed by atoms with van der Waals surface area (Å²) in [6.07, 6.45) is -6.83. The maximum atomic E-state index is 15.0. The van der Waals surface area contributed by atoms with E-state index in [1.165, 1.54) is 30.3 Å². The predicted octanol–water partition coefficient (Wildman–Crippen LogP) is 8.01. The van der Waals surface area contributed by atoms with E-state index in [4.69, 9.17) is 46.4 Å². The molecule has 1 N–H and O–H groups in total. The van der Waals surface area contributed by atoms with E-state index in [1.54, 1.807) is 0 Å². The second-order valence-corrected chi connectivity index (χ2v) is 11.8. The minimum absolute atomic E-state index is 0.0699. The molecule has 1 amide bonds. The van der Waals surface area contributed by atoms with E-state index < -0.39 is 82.5 Å². The molecule has 0 aromatic heterocycles. The van der Waals surface area contributed by atoms with Crippen molar-refractivity contribution < 1.29 is 45.5 Å². The van der Waals surface area contributed by atoms with Crippen LogP contribution in [0, 0.1) is 23.4 Å². The molecule has 3 aromatic carbocycles. The Morgan fingerprint density at radius 2 is 1.56 bits per heavy atom. The van der Waals surface area contributed by atoms with Crippen LogP contribution in [0.25, 0.3) is 0 Å². The molecule has 5 nitrogen and oxygen atoms in total. The lowest BCUT2D eigenvalue weighted by atomic mass is 9.98. The number of amides is 1. The van der Waals surface area contributed by atoms with Crippen LogP contribution in [0.1, 0.15) is 33.0 Å². The summed E-state index contributed by atoms with van der Waals surface area (Å²) in [6.45, 7) is -1.45. The summed E-state index contributed by atoms with van der Waals surface area (Å²) >= 11 is 24.6. The zero-order chi connectivity index (χ0) is 31.9. The van der Waals surface area contributed by atoms with Gasteiger partial charge in [-0.15, -0.1) is 36.4 Å². The Bertz CT molecular complexity index is 1610. The normalized spacial score (nSPS) is 17.4. The smallest absolute Gasteiger partial charge is 0.326 e. The molecule has 0 radical (unpaired) electrons. The number of benzene rings is 3. The Morgan fingerprint density at radius 3 is 2.21 bits per heavy atom. The highest BCUT2D eigenvalue weighted by atomic mass is 35.5. The molecule has 2 atom stereocenters. The van der Waals surface area contributed by atoms with Crippen molar-refractivity contribution in [3.8, 4) is 0 Å². The Kier molecular flexibility index (Phi) is 9.73. The van der Waals surface area contributed by atoms with Gasteiger partial charge in [0.15, 0.2) is 11.6 Å². The molecule has 0 bridgehead atoms. The summed E-state index contributed by atoms with van der Waals surface area (Å²) in [5.74, 6) is -7.50. The fourth-order valence-corrected chi connectivity index (χ4v) is 5.67. The lowest BCUT2D eigenvalue weighted by Gasteiger charge is -2.12. The van der Waals surface area contributed by atoms with Crippen LogP contribution in [-0.2, 0) is 27.2 Å². The van der Waals surface area contributed by atoms with Gasteiger partial charge in [-0.05, 0) is 47.5 Å². The van der Waals surface area contributed by atoms with Crippen LogP contribution in [0.2, 0.25) is 10.0 Å². The molecular formula is C28H17Cl4F6NO4. The molecule has 228 valence electrons. The highest BCUT2D eigenvalue weighted by molar-refractivity contribution is 6.53. The third-order valence-electron chi connectivity index (χ3n) is 6.56. The fourth-order valence-electron chi connectivity index (χ4n) is 4.43. The largest absolute Gasteiger partial charge is 0.522 e. The van der Waals surface area contributed by atoms with Crippen molar-refractivity contribution in [2.45, 2.75) is 29.5 Å². The van der Waals surface area contributed by atoms with Crippen molar-refractivity contribution in [1.29, 1.82) is 0 Å². The third kappa shape index (κ3) is 7.64. The lowest BCUT2D eigenvalue weighted by Crippen LogP contribution is -2.21. The molecule has 1 aliphatic rings. The van der Waals surface area contributed by atoms with Crippen LogP contribution in [0.3, 0.4) is 0 Å². The van der Waals surface area contributed by atoms with Crippen molar-refractivity contribution in [2.24, 2.45) is 5.92 Å². The zero-order valence-corrected chi connectivity index (χ0v) is 24.3. The topological polar surface area (TPSA) is 72.5 Å². The van der Waals surface area contributed by atoms with E-state index in [-0.39, 0.29) is 26.9 Å². The maximum Gasteiger partial charge on any atom is 0.522 e. The number of hydrogen-bond donors (Lipinski definition) is 1. The van der Waals surface area contributed by atoms with E-state index in [2.05, 4.69) is 10.1 Å². The van der Waals surface area contributed by atoms with Gasteiger partial charge in [0.1, 0.15) is 28.4 Å². The van der Waals surface area contributed by atoms with E-state index in [0.29, 0.717) is 5.56 Å². The van der Waals surface area contributed by atoms with Crippen molar-refractivity contribution >= 4 is 69.6 Å². The number of halogens is 10. The highest BCUT2D eigenvalue weighted by Gasteiger charge is 2.67. The molecule has 0 heterocycles. The second kappa shape index (κ2) is 12.6. The van der Waals surface area contributed by atoms with Crippen LogP contribution < -0.4 is 5.32 Å². The molecular weight excluding hydrogens is 670 g/mol. The number of carbonyl (C=O) groups excluding carboxylic acids is 3. The summed E-state index contributed by atoms with van der Waals surface area (Å²) in [5.41, 5.74) is -0.816. The molecule has 3 aromatic rings. The standard InChI is InChI=1S/C28H17Cl4F6NO4/c29-18-4-3-14(39-26(42)24-23(27(24,31)32)12-1-6-21(34)19(30)7-12)9-16(18)22(41)8-13-2-5-20(33)17(25(13)35)10-15(40)11-43-28(36,37)38/h1-7,9,23-24H,8,10-11H2,(H,39,42)/t23-,24+/m0/s1. The zero-order valence-electron chi connectivity index (χ0n) is 21.3. The Balaban J connectivity index is 1.48. The average Bonchev–Trinajstić information content (AvgIpc) is 3.50. The summed E-state index contributed by atoms with van der Waals surface area (Å²) < 4.78 is 81.2. The average molecular weight is 687 g/mol. The van der Waals surface area contributed by atoms with Gasteiger partial charge < -0.3 is 5.32 Å². The molecule has 0 saturated heterocycles. The number of anilines is 1. The number of carbonyl (C=O) groups is 3. The molecule has 1 fully saturated rings. The SMILES string of the molecule is O=C(COC(F)(F)F)Cc1c(F)ccc(CC(=O)c2cc(NC(=O)[C@H]3[C@H](c4ccc(F)c(Cl)c4)C3(Cl)Cl)ccc2Cl)c1F. The van der Waals surface area contributed by atoms with Gasteiger partial charge in [0.25, 0.3) is 0 Å². The predicted molar refractivity (Wildman–Crippen MR) is 147 cm³/mol. The minimum Gasteiger partial charge on any atom is -0.326 e.